The molecule has 0 aliphatic rings. The van der Waals surface area contributed by atoms with Gasteiger partial charge in [0.1, 0.15) is 5.75 Å². The van der Waals surface area contributed by atoms with Crippen molar-refractivity contribution < 1.29 is 22.7 Å². The van der Waals surface area contributed by atoms with Crippen LogP contribution in [0.5, 0.6) is 5.75 Å². The minimum Gasteiger partial charge on any atom is -0.492 e. The number of pyridine rings is 1. The third-order valence-corrected chi connectivity index (χ3v) is 5.85. The van der Waals surface area contributed by atoms with Crippen molar-refractivity contribution in [2.75, 3.05) is 22.6 Å². The number of hydrogen-bond donors (Lipinski definition) is 3. The summed E-state index contributed by atoms with van der Waals surface area (Å²) in [7, 11) is 0. The van der Waals surface area contributed by atoms with E-state index in [9.17, 15) is 18.0 Å². The zero-order chi connectivity index (χ0) is 28.1. The van der Waals surface area contributed by atoms with E-state index in [1.807, 2.05) is 28.8 Å². The molecule has 40 heavy (non-hydrogen) atoms. The van der Waals surface area contributed by atoms with Crippen LogP contribution in [-0.4, -0.2) is 32.0 Å². The van der Waals surface area contributed by atoms with Crippen LogP contribution in [0.1, 0.15) is 18.1 Å². The zero-order valence-corrected chi connectivity index (χ0v) is 21.2. The van der Waals surface area contributed by atoms with E-state index in [2.05, 4.69) is 25.9 Å². The van der Waals surface area contributed by atoms with Gasteiger partial charge in [0.25, 0.3) is 0 Å². The number of fused-ring (bicyclic) bond motifs is 1. The lowest BCUT2D eigenvalue weighted by atomic mass is 10.1. The normalized spacial score (nSPS) is 11.3. The Kier molecular flexibility index (Phi) is 7.49. The Bertz CT molecular complexity index is 1640. The van der Waals surface area contributed by atoms with Gasteiger partial charge in [0.05, 0.1) is 23.6 Å². The first-order chi connectivity index (χ1) is 19.3. The summed E-state index contributed by atoms with van der Waals surface area (Å²) < 4.78 is 46.9. The molecule has 0 fully saturated rings. The summed E-state index contributed by atoms with van der Waals surface area (Å²) in [5.74, 6) is 0.701. The Labute approximate surface area is 227 Å². The van der Waals surface area contributed by atoms with Crippen LogP contribution in [-0.2, 0) is 12.7 Å². The van der Waals surface area contributed by atoms with E-state index in [0.717, 1.165) is 17.7 Å². The molecule has 204 valence electrons. The van der Waals surface area contributed by atoms with Crippen molar-refractivity contribution in [2.45, 2.75) is 19.6 Å². The Morgan fingerprint density at radius 3 is 2.62 bits per heavy atom. The summed E-state index contributed by atoms with van der Waals surface area (Å²) in [4.78, 5) is 25.9. The number of amides is 2. The summed E-state index contributed by atoms with van der Waals surface area (Å²) >= 11 is 0. The molecule has 3 aromatic heterocycles. The van der Waals surface area contributed by atoms with E-state index in [0.29, 0.717) is 35.0 Å². The lowest BCUT2D eigenvalue weighted by Crippen LogP contribution is -2.20. The Balaban J connectivity index is 1.36. The molecular formula is C28H24F3N7O2. The van der Waals surface area contributed by atoms with E-state index in [4.69, 9.17) is 9.72 Å². The lowest BCUT2D eigenvalue weighted by Gasteiger charge is -2.15. The molecule has 0 aliphatic carbocycles. The van der Waals surface area contributed by atoms with Crippen molar-refractivity contribution in [2.24, 2.45) is 0 Å². The summed E-state index contributed by atoms with van der Waals surface area (Å²) in [5, 5.41) is 8.44. The molecule has 0 bridgehead atoms. The van der Waals surface area contributed by atoms with Crippen LogP contribution < -0.4 is 20.7 Å². The molecule has 2 amide bonds. The van der Waals surface area contributed by atoms with Gasteiger partial charge < -0.3 is 25.1 Å². The highest BCUT2D eigenvalue weighted by atomic mass is 19.4. The fraction of sp³-hybridized carbons (Fsp3) is 0.143. The number of nitrogens with one attached hydrogen (secondary N) is 3. The fourth-order valence-corrected chi connectivity index (χ4v) is 4.00. The van der Waals surface area contributed by atoms with E-state index < -0.39 is 17.8 Å². The van der Waals surface area contributed by atoms with Crippen molar-refractivity contribution in [1.29, 1.82) is 0 Å². The molecule has 5 aromatic rings. The molecule has 2 aromatic carbocycles. The minimum atomic E-state index is -4.57. The number of aromatic nitrogens is 4. The van der Waals surface area contributed by atoms with E-state index >= 15 is 0 Å². The van der Waals surface area contributed by atoms with Gasteiger partial charge in [-0.15, -0.1) is 0 Å². The second kappa shape index (κ2) is 11.3. The third-order valence-electron chi connectivity index (χ3n) is 5.85. The monoisotopic (exact) mass is 547 g/mol. The average molecular weight is 548 g/mol. The maximum atomic E-state index is 13.2. The molecule has 12 heteroatoms. The molecule has 0 saturated carbocycles. The first kappa shape index (κ1) is 26.5. The molecule has 0 unspecified atom stereocenters. The minimum absolute atomic E-state index is 0.0949. The van der Waals surface area contributed by atoms with E-state index in [-0.39, 0.29) is 18.0 Å². The van der Waals surface area contributed by atoms with Crippen LogP contribution in [0.4, 0.5) is 35.2 Å². The first-order valence-electron chi connectivity index (χ1n) is 12.3. The number of benzene rings is 2. The average Bonchev–Trinajstić information content (AvgIpc) is 3.42. The van der Waals surface area contributed by atoms with Crippen LogP contribution in [0, 0.1) is 0 Å². The predicted molar refractivity (Wildman–Crippen MR) is 145 cm³/mol. The highest BCUT2D eigenvalue weighted by Gasteiger charge is 2.31. The number of alkyl halides is 3. The molecule has 0 spiro atoms. The molecule has 0 aliphatic heterocycles. The number of nitrogens with zero attached hydrogens (tertiary/aromatic N) is 4. The number of imidazole rings is 1. The fourth-order valence-electron chi connectivity index (χ4n) is 4.00. The van der Waals surface area contributed by atoms with Crippen molar-refractivity contribution in [3.8, 4) is 17.0 Å². The van der Waals surface area contributed by atoms with Crippen molar-refractivity contribution in [3.63, 3.8) is 0 Å². The van der Waals surface area contributed by atoms with Crippen molar-refractivity contribution in [1.82, 2.24) is 19.4 Å². The summed E-state index contributed by atoms with van der Waals surface area (Å²) in [6, 6.07) is 13.0. The third kappa shape index (κ3) is 6.12. The number of urea groups is 1. The quantitative estimate of drug-likeness (QED) is 0.206. The number of ether oxygens (including phenoxy) is 1. The highest BCUT2D eigenvalue weighted by Crippen LogP contribution is 2.35. The smallest absolute Gasteiger partial charge is 0.416 e. The molecule has 9 nitrogen and oxygen atoms in total. The maximum absolute atomic E-state index is 13.2. The molecule has 3 N–H and O–H groups in total. The van der Waals surface area contributed by atoms with E-state index in [1.54, 1.807) is 49.9 Å². The SMILES string of the molecule is CCOc1ccc(C(F)(F)F)cc1NC(=O)Nc1cccc(-c2cn3ccnc3c(NCc3ccncc3)n2)c1. The number of anilines is 3. The van der Waals surface area contributed by atoms with Gasteiger partial charge >= 0.3 is 12.2 Å². The van der Waals surface area contributed by atoms with Gasteiger partial charge in [-0.2, -0.15) is 13.2 Å². The molecule has 5 rings (SSSR count). The molecular weight excluding hydrogens is 523 g/mol. The largest absolute Gasteiger partial charge is 0.492 e. The molecule has 3 heterocycles. The van der Waals surface area contributed by atoms with Crippen LogP contribution in [0.15, 0.2) is 85.6 Å². The Morgan fingerprint density at radius 2 is 1.85 bits per heavy atom. The van der Waals surface area contributed by atoms with Crippen LogP contribution in [0.25, 0.3) is 16.9 Å². The van der Waals surface area contributed by atoms with Gasteiger partial charge in [-0.05, 0) is 55.0 Å². The number of halogens is 3. The van der Waals surface area contributed by atoms with Crippen LogP contribution in [0.2, 0.25) is 0 Å². The predicted octanol–water partition coefficient (Wildman–Crippen LogP) is 6.46. The molecule has 0 atom stereocenters. The van der Waals surface area contributed by atoms with Gasteiger partial charge in [-0.1, -0.05) is 12.1 Å². The molecule has 0 radical (unpaired) electrons. The van der Waals surface area contributed by atoms with Gasteiger partial charge in [0.2, 0.25) is 0 Å². The second-order valence-corrected chi connectivity index (χ2v) is 8.64. The maximum Gasteiger partial charge on any atom is 0.416 e. The van der Waals surface area contributed by atoms with Crippen LogP contribution in [0.3, 0.4) is 0 Å². The van der Waals surface area contributed by atoms with E-state index in [1.165, 1.54) is 6.07 Å². The van der Waals surface area contributed by atoms with Gasteiger partial charge in [0, 0.05) is 48.8 Å². The lowest BCUT2D eigenvalue weighted by molar-refractivity contribution is -0.137. The van der Waals surface area contributed by atoms with Gasteiger partial charge in [0.15, 0.2) is 11.5 Å². The second-order valence-electron chi connectivity index (χ2n) is 8.64. The number of hydrogen-bond acceptors (Lipinski definition) is 6. The number of rotatable bonds is 8. The van der Waals surface area contributed by atoms with Gasteiger partial charge in [-0.3, -0.25) is 4.98 Å². The first-order valence-corrected chi connectivity index (χ1v) is 12.3. The number of carbonyl (C=O) groups excluding carboxylic acids is 1. The summed E-state index contributed by atoms with van der Waals surface area (Å²) in [5.41, 5.74) is 2.41. The summed E-state index contributed by atoms with van der Waals surface area (Å²) in [6.07, 6.45) is 4.15. The number of carbonyl (C=O) groups is 1. The highest BCUT2D eigenvalue weighted by molar-refractivity contribution is 6.01. The topological polar surface area (TPSA) is 105 Å². The van der Waals surface area contributed by atoms with Gasteiger partial charge in [-0.25, -0.2) is 14.8 Å². The standard InChI is InChI=1S/C28H24F3N7O2/c1-2-40-24-7-6-20(28(29,30)31)15-22(24)37-27(39)35-21-5-3-4-19(14-21)23-17-38-13-12-33-26(38)25(36-23)34-16-18-8-10-32-11-9-18/h3-15,17H,2,16H2,1H3,(H,34,36)(H2,35,37,39). The zero-order valence-electron chi connectivity index (χ0n) is 21.2. The Morgan fingerprint density at radius 1 is 1.02 bits per heavy atom. The van der Waals surface area contributed by atoms with Crippen molar-refractivity contribution in [3.05, 3.63) is 96.7 Å². The molecule has 0 saturated heterocycles. The summed E-state index contributed by atoms with van der Waals surface area (Å²) in [6.45, 7) is 2.43. The Hall–Kier alpha value is -5.13. The van der Waals surface area contributed by atoms with Crippen molar-refractivity contribution >= 4 is 28.9 Å². The van der Waals surface area contributed by atoms with Crippen LogP contribution >= 0.6 is 0 Å².